The standard InChI is InChI=1S/C10H9FN2/c1-12-10-6-13-5-8-7(10)3-2-4-9(8)11/h2-6,12H,1H3. The first-order valence-corrected chi connectivity index (χ1v) is 4.03. The smallest absolute Gasteiger partial charge is 0.132 e. The van der Waals surface area contributed by atoms with Gasteiger partial charge in [-0.3, -0.25) is 4.98 Å². The molecular weight excluding hydrogens is 167 g/mol. The van der Waals surface area contributed by atoms with E-state index in [2.05, 4.69) is 10.3 Å². The predicted octanol–water partition coefficient (Wildman–Crippen LogP) is 2.42. The number of benzene rings is 1. The number of nitrogens with zero attached hydrogens (tertiary/aromatic N) is 1. The highest BCUT2D eigenvalue weighted by molar-refractivity contribution is 5.93. The fraction of sp³-hybridized carbons (Fsp3) is 0.100. The lowest BCUT2D eigenvalue weighted by atomic mass is 10.1. The van der Waals surface area contributed by atoms with Crippen molar-refractivity contribution in [2.75, 3.05) is 12.4 Å². The van der Waals surface area contributed by atoms with E-state index in [1.807, 2.05) is 6.07 Å². The summed E-state index contributed by atoms with van der Waals surface area (Å²) in [5.74, 6) is -0.234. The average Bonchev–Trinajstić information content (AvgIpc) is 2.18. The van der Waals surface area contributed by atoms with Crippen LogP contribution in [0.4, 0.5) is 10.1 Å². The van der Waals surface area contributed by atoms with E-state index in [4.69, 9.17) is 0 Å². The van der Waals surface area contributed by atoms with Gasteiger partial charge in [-0.05, 0) is 6.07 Å². The zero-order chi connectivity index (χ0) is 9.26. The van der Waals surface area contributed by atoms with E-state index < -0.39 is 0 Å². The molecule has 0 unspecified atom stereocenters. The van der Waals surface area contributed by atoms with Gasteiger partial charge in [0.05, 0.1) is 11.9 Å². The summed E-state index contributed by atoms with van der Waals surface area (Å²) in [7, 11) is 1.79. The molecule has 0 spiro atoms. The van der Waals surface area contributed by atoms with Gasteiger partial charge >= 0.3 is 0 Å². The molecule has 0 radical (unpaired) electrons. The minimum absolute atomic E-state index is 0.234. The van der Waals surface area contributed by atoms with E-state index in [-0.39, 0.29) is 5.82 Å². The minimum atomic E-state index is -0.234. The number of hydrogen-bond donors (Lipinski definition) is 1. The highest BCUT2D eigenvalue weighted by atomic mass is 19.1. The Bertz CT molecular complexity index is 440. The monoisotopic (exact) mass is 176 g/mol. The van der Waals surface area contributed by atoms with Crippen LogP contribution in [0.25, 0.3) is 10.8 Å². The molecule has 1 N–H and O–H groups in total. The summed E-state index contributed by atoms with van der Waals surface area (Å²) >= 11 is 0. The van der Waals surface area contributed by atoms with Gasteiger partial charge in [0.2, 0.25) is 0 Å². The maximum Gasteiger partial charge on any atom is 0.132 e. The molecule has 2 nitrogen and oxygen atoms in total. The van der Waals surface area contributed by atoms with E-state index >= 15 is 0 Å². The molecule has 2 aromatic rings. The molecule has 0 aliphatic rings. The molecule has 0 saturated carbocycles. The van der Waals surface area contributed by atoms with Crippen LogP contribution in [0.3, 0.4) is 0 Å². The van der Waals surface area contributed by atoms with Gasteiger partial charge in [0.25, 0.3) is 0 Å². The molecule has 1 aromatic heterocycles. The van der Waals surface area contributed by atoms with Gasteiger partial charge in [0.15, 0.2) is 0 Å². The Kier molecular flexibility index (Phi) is 1.85. The van der Waals surface area contributed by atoms with Crippen molar-refractivity contribution in [1.82, 2.24) is 4.98 Å². The van der Waals surface area contributed by atoms with E-state index in [9.17, 15) is 4.39 Å². The van der Waals surface area contributed by atoms with Gasteiger partial charge in [0.1, 0.15) is 5.82 Å². The van der Waals surface area contributed by atoms with Gasteiger partial charge in [-0.1, -0.05) is 12.1 Å². The summed E-state index contributed by atoms with van der Waals surface area (Å²) in [5, 5.41) is 4.38. The van der Waals surface area contributed by atoms with Crippen molar-refractivity contribution >= 4 is 16.5 Å². The largest absolute Gasteiger partial charge is 0.386 e. The maximum absolute atomic E-state index is 13.2. The molecule has 1 aromatic carbocycles. The van der Waals surface area contributed by atoms with Crippen LogP contribution in [0.1, 0.15) is 0 Å². The summed E-state index contributed by atoms with van der Waals surface area (Å²) in [6, 6.07) is 4.99. The van der Waals surface area contributed by atoms with Crippen molar-refractivity contribution in [2.24, 2.45) is 0 Å². The molecule has 13 heavy (non-hydrogen) atoms. The van der Waals surface area contributed by atoms with Crippen molar-refractivity contribution in [3.05, 3.63) is 36.4 Å². The summed E-state index contributed by atoms with van der Waals surface area (Å²) in [4.78, 5) is 3.94. The topological polar surface area (TPSA) is 24.9 Å². The second kappa shape index (κ2) is 3.01. The molecule has 66 valence electrons. The van der Waals surface area contributed by atoms with Gasteiger partial charge in [-0.25, -0.2) is 4.39 Å². The van der Waals surface area contributed by atoms with Gasteiger partial charge < -0.3 is 5.32 Å². The van der Waals surface area contributed by atoms with Crippen LogP contribution in [0, 0.1) is 5.82 Å². The normalized spacial score (nSPS) is 10.3. The van der Waals surface area contributed by atoms with Crippen molar-refractivity contribution in [3.8, 4) is 0 Å². The lowest BCUT2D eigenvalue weighted by Crippen LogP contribution is -1.91. The molecule has 0 aliphatic heterocycles. The number of halogens is 1. The molecule has 0 aliphatic carbocycles. The Morgan fingerprint density at radius 1 is 1.23 bits per heavy atom. The number of hydrogen-bond acceptors (Lipinski definition) is 2. The Morgan fingerprint density at radius 3 is 2.85 bits per heavy atom. The summed E-state index contributed by atoms with van der Waals surface area (Å²) in [6.45, 7) is 0. The highest BCUT2D eigenvalue weighted by Crippen LogP contribution is 2.23. The molecule has 0 saturated heterocycles. The van der Waals surface area contributed by atoms with Crippen LogP contribution in [-0.2, 0) is 0 Å². The third-order valence-corrected chi connectivity index (χ3v) is 2.02. The van der Waals surface area contributed by atoms with Gasteiger partial charge in [0, 0.05) is 24.0 Å². The molecule has 0 atom stereocenters. The molecule has 0 bridgehead atoms. The summed E-state index contributed by atoms with van der Waals surface area (Å²) in [6.07, 6.45) is 3.22. The van der Waals surface area contributed by atoms with Crippen LogP contribution in [0.15, 0.2) is 30.6 Å². The van der Waals surface area contributed by atoms with E-state index in [1.165, 1.54) is 12.3 Å². The zero-order valence-electron chi connectivity index (χ0n) is 7.21. The maximum atomic E-state index is 13.2. The minimum Gasteiger partial charge on any atom is -0.386 e. The van der Waals surface area contributed by atoms with E-state index in [0.29, 0.717) is 5.39 Å². The number of pyridine rings is 1. The van der Waals surface area contributed by atoms with E-state index in [1.54, 1.807) is 19.3 Å². The SMILES string of the molecule is CNc1cncc2c(F)cccc12. The van der Waals surface area contributed by atoms with E-state index in [0.717, 1.165) is 11.1 Å². The third-order valence-electron chi connectivity index (χ3n) is 2.02. The number of fused-ring (bicyclic) bond motifs is 1. The molecule has 1 heterocycles. The zero-order valence-corrected chi connectivity index (χ0v) is 7.21. The average molecular weight is 176 g/mol. The van der Waals surface area contributed by atoms with Crippen molar-refractivity contribution in [2.45, 2.75) is 0 Å². The number of rotatable bonds is 1. The Morgan fingerprint density at radius 2 is 2.08 bits per heavy atom. The van der Waals surface area contributed by atoms with Crippen LogP contribution in [0.5, 0.6) is 0 Å². The Balaban J connectivity index is 2.84. The Labute approximate surface area is 75.4 Å². The van der Waals surface area contributed by atoms with Crippen LogP contribution in [0.2, 0.25) is 0 Å². The summed E-state index contributed by atoms with van der Waals surface area (Å²) in [5.41, 5.74) is 0.844. The molecular formula is C10H9FN2. The first kappa shape index (κ1) is 7.98. The quantitative estimate of drug-likeness (QED) is 0.721. The first-order valence-electron chi connectivity index (χ1n) is 4.03. The second-order valence-corrected chi connectivity index (χ2v) is 2.77. The first-order chi connectivity index (χ1) is 6.33. The van der Waals surface area contributed by atoms with Crippen LogP contribution >= 0.6 is 0 Å². The van der Waals surface area contributed by atoms with Crippen molar-refractivity contribution in [3.63, 3.8) is 0 Å². The van der Waals surface area contributed by atoms with Crippen LogP contribution in [-0.4, -0.2) is 12.0 Å². The highest BCUT2D eigenvalue weighted by Gasteiger charge is 2.02. The molecule has 0 amide bonds. The van der Waals surface area contributed by atoms with Crippen LogP contribution < -0.4 is 5.32 Å². The Hall–Kier alpha value is -1.64. The van der Waals surface area contributed by atoms with Crippen molar-refractivity contribution in [1.29, 1.82) is 0 Å². The van der Waals surface area contributed by atoms with Gasteiger partial charge in [-0.15, -0.1) is 0 Å². The lowest BCUT2D eigenvalue weighted by molar-refractivity contribution is 0.639. The molecule has 0 fully saturated rings. The number of aromatic nitrogens is 1. The fourth-order valence-electron chi connectivity index (χ4n) is 1.36. The molecule has 2 rings (SSSR count). The lowest BCUT2D eigenvalue weighted by Gasteiger charge is -2.04. The third kappa shape index (κ3) is 1.22. The molecule has 3 heteroatoms. The fourth-order valence-corrected chi connectivity index (χ4v) is 1.36. The number of anilines is 1. The van der Waals surface area contributed by atoms with Gasteiger partial charge in [-0.2, -0.15) is 0 Å². The summed E-state index contributed by atoms with van der Waals surface area (Å²) < 4.78 is 13.2. The number of nitrogens with one attached hydrogen (secondary N) is 1. The second-order valence-electron chi connectivity index (χ2n) is 2.77. The van der Waals surface area contributed by atoms with Crippen molar-refractivity contribution < 1.29 is 4.39 Å². The predicted molar refractivity (Wildman–Crippen MR) is 51.2 cm³/mol.